The first-order chi connectivity index (χ1) is 14.4. The second-order valence-electron chi connectivity index (χ2n) is 7.10. The largest absolute Gasteiger partial charge is 0.326 e. The molecule has 0 radical (unpaired) electrons. The second kappa shape index (κ2) is 8.57. The van der Waals surface area contributed by atoms with Crippen molar-refractivity contribution in [1.29, 1.82) is 0 Å². The summed E-state index contributed by atoms with van der Waals surface area (Å²) in [5.41, 5.74) is 3.92. The Bertz CT molecular complexity index is 1120. The number of fused-ring (bicyclic) bond motifs is 1. The topological polar surface area (TPSA) is 74.7 Å². The van der Waals surface area contributed by atoms with Crippen molar-refractivity contribution in [2.75, 3.05) is 11.9 Å². The maximum atomic E-state index is 12.8. The number of nitrogens with zero attached hydrogens (tertiary/aromatic N) is 3. The summed E-state index contributed by atoms with van der Waals surface area (Å²) >= 11 is 2.82. The van der Waals surface area contributed by atoms with E-state index in [0.717, 1.165) is 21.5 Å². The Morgan fingerprint density at radius 3 is 2.73 bits per heavy atom. The predicted octanol–water partition coefficient (Wildman–Crippen LogP) is 4.89. The number of amidine groups is 1. The number of hydrogen-bond donors (Lipinski definition) is 1. The molecule has 30 heavy (non-hydrogen) atoms. The first-order valence-electron chi connectivity index (χ1n) is 9.74. The van der Waals surface area contributed by atoms with E-state index in [1.54, 1.807) is 4.90 Å². The summed E-state index contributed by atoms with van der Waals surface area (Å²) < 4.78 is 1.05. The van der Waals surface area contributed by atoms with Gasteiger partial charge >= 0.3 is 0 Å². The highest BCUT2D eigenvalue weighted by Gasteiger charge is 2.38. The lowest BCUT2D eigenvalue weighted by atomic mass is 10.1. The summed E-state index contributed by atoms with van der Waals surface area (Å²) in [6, 6.07) is 13.6. The minimum Gasteiger partial charge on any atom is -0.326 e. The number of aromatic nitrogens is 1. The average Bonchev–Trinajstić information content (AvgIpc) is 3.25. The molecule has 1 N–H and O–H groups in total. The Hall–Kier alpha value is -2.71. The van der Waals surface area contributed by atoms with Crippen molar-refractivity contribution in [1.82, 2.24) is 9.88 Å². The van der Waals surface area contributed by atoms with Crippen LogP contribution in [0.15, 0.2) is 47.5 Å². The van der Waals surface area contributed by atoms with Crippen LogP contribution in [0, 0.1) is 13.8 Å². The van der Waals surface area contributed by atoms with Crippen LogP contribution >= 0.6 is 23.1 Å². The van der Waals surface area contributed by atoms with Gasteiger partial charge in [0.15, 0.2) is 5.17 Å². The van der Waals surface area contributed by atoms with Crippen molar-refractivity contribution in [2.24, 2.45) is 4.99 Å². The van der Waals surface area contributed by atoms with Gasteiger partial charge in [0.05, 0.1) is 10.2 Å². The zero-order valence-electron chi connectivity index (χ0n) is 17.0. The van der Waals surface area contributed by atoms with E-state index in [0.29, 0.717) is 16.8 Å². The monoisotopic (exact) mass is 438 g/mol. The molecule has 1 aromatic heterocycles. The number of para-hydroxylation sites is 1. The zero-order valence-corrected chi connectivity index (χ0v) is 18.6. The molecule has 6 nitrogen and oxygen atoms in total. The molecule has 1 fully saturated rings. The number of anilines is 1. The highest BCUT2D eigenvalue weighted by atomic mass is 32.2. The van der Waals surface area contributed by atoms with E-state index in [2.05, 4.69) is 15.3 Å². The van der Waals surface area contributed by atoms with Crippen molar-refractivity contribution >= 4 is 61.1 Å². The number of thiazole rings is 1. The minimum absolute atomic E-state index is 0.0856. The smallest absolute Gasteiger partial charge is 0.242 e. The Kier molecular flexibility index (Phi) is 5.87. The third kappa shape index (κ3) is 4.24. The van der Waals surface area contributed by atoms with E-state index in [1.165, 1.54) is 28.7 Å². The number of carbonyl (C=O) groups is 2. The van der Waals surface area contributed by atoms with Crippen LogP contribution < -0.4 is 5.32 Å². The maximum Gasteiger partial charge on any atom is 0.242 e. The van der Waals surface area contributed by atoms with E-state index in [9.17, 15) is 9.59 Å². The molecule has 1 atom stereocenters. The van der Waals surface area contributed by atoms with Gasteiger partial charge in [0.2, 0.25) is 16.9 Å². The molecule has 0 aliphatic carbocycles. The normalized spacial score (nSPS) is 17.8. The summed E-state index contributed by atoms with van der Waals surface area (Å²) in [4.78, 5) is 36.1. The molecular weight excluding hydrogens is 416 g/mol. The first-order valence-corrected chi connectivity index (χ1v) is 11.4. The van der Waals surface area contributed by atoms with Crippen LogP contribution in [0.25, 0.3) is 10.2 Å². The van der Waals surface area contributed by atoms with Crippen LogP contribution in [0.5, 0.6) is 0 Å². The van der Waals surface area contributed by atoms with Crippen molar-refractivity contribution in [3.8, 4) is 0 Å². The van der Waals surface area contributed by atoms with Gasteiger partial charge in [-0.3, -0.25) is 14.5 Å². The average molecular weight is 439 g/mol. The van der Waals surface area contributed by atoms with E-state index < -0.39 is 5.25 Å². The lowest BCUT2D eigenvalue weighted by molar-refractivity contribution is -0.128. The fraction of sp³-hybridized carbons (Fsp3) is 0.273. The Morgan fingerprint density at radius 1 is 1.20 bits per heavy atom. The predicted molar refractivity (Wildman–Crippen MR) is 125 cm³/mol. The van der Waals surface area contributed by atoms with Gasteiger partial charge in [-0.05, 0) is 56.2 Å². The molecule has 4 rings (SSSR count). The standard InChI is InChI=1S/C22H22N4O2S2/c1-4-26-20(28)18(12-19(27)23-15-10-9-13(2)14(3)11-15)30-22(26)25-21-24-16-7-5-6-8-17(16)29-21/h5-11,18H,4,12H2,1-3H3,(H,23,27)/t18-/m1/s1. The van der Waals surface area contributed by atoms with E-state index in [-0.39, 0.29) is 18.2 Å². The third-order valence-electron chi connectivity index (χ3n) is 4.97. The SMILES string of the molecule is CCN1C(=O)[C@@H](CC(=O)Nc2ccc(C)c(C)c2)SC1=Nc1nc2ccccc2s1. The van der Waals surface area contributed by atoms with Gasteiger partial charge in [-0.15, -0.1) is 0 Å². The van der Waals surface area contributed by atoms with Crippen LogP contribution in [0.2, 0.25) is 0 Å². The molecule has 0 saturated carbocycles. The Balaban J connectivity index is 1.48. The number of aliphatic imine (C=N–C) groups is 1. The molecule has 0 unspecified atom stereocenters. The molecule has 0 bridgehead atoms. The second-order valence-corrected chi connectivity index (χ2v) is 9.28. The molecule has 1 saturated heterocycles. The molecule has 154 valence electrons. The molecule has 2 aromatic carbocycles. The minimum atomic E-state index is -0.482. The van der Waals surface area contributed by atoms with Gasteiger partial charge in [-0.2, -0.15) is 4.99 Å². The summed E-state index contributed by atoms with van der Waals surface area (Å²) in [7, 11) is 0. The molecule has 1 aliphatic heterocycles. The fourth-order valence-corrected chi connectivity index (χ4v) is 5.30. The summed E-state index contributed by atoms with van der Waals surface area (Å²) in [6.07, 6.45) is 0.103. The number of thioether (sulfide) groups is 1. The first kappa shape index (κ1) is 20.6. The summed E-state index contributed by atoms with van der Waals surface area (Å²) in [5.74, 6) is -0.265. The highest BCUT2D eigenvalue weighted by molar-refractivity contribution is 8.15. The van der Waals surface area contributed by atoms with Crippen LogP contribution in [0.1, 0.15) is 24.5 Å². The number of carbonyl (C=O) groups excluding carboxylic acids is 2. The van der Waals surface area contributed by atoms with Gasteiger partial charge in [-0.25, -0.2) is 4.98 Å². The van der Waals surface area contributed by atoms with Crippen LogP contribution in [0.3, 0.4) is 0 Å². The quantitative estimate of drug-likeness (QED) is 0.615. The van der Waals surface area contributed by atoms with Crippen molar-refractivity contribution in [3.63, 3.8) is 0 Å². The maximum absolute atomic E-state index is 12.8. The Labute approximate surface area is 183 Å². The number of benzene rings is 2. The van der Waals surface area contributed by atoms with E-state index >= 15 is 0 Å². The van der Waals surface area contributed by atoms with Gasteiger partial charge in [0, 0.05) is 18.7 Å². The molecule has 2 amide bonds. The zero-order chi connectivity index (χ0) is 21.3. The summed E-state index contributed by atoms with van der Waals surface area (Å²) in [5, 5.41) is 3.64. The van der Waals surface area contributed by atoms with Crippen LogP contribution in [-0.4, -0.2) is 38.7 Å². The lowest BCUT2D eigenvalue weighted by Gasteiger charge is -2.13. The number of hydrogen-bond acceptors (Lipinski definition) is 6. The van der Waals surface area contributed by atoms with Crippen molar-refractivity contribution in [3.05, 3.63) is 53.6 Å². The van der Waals surface area contributed by atoms with E-state index in [4.69, 9.17) is 0 Å². The van der Waals surface area contributed by atoms with Crippen molar-refractivity contribution in [2.45, 2.75) is 32.4 Å². The van der Waals surface area contributed by atoms with Gasteiger partial charge < -0.3 is 5.32 Å². The fourth-order valence-electron chi connectivity index (χ4n) is 3.21. The molecule has 1 aliphatic rings. The number of amides is 2. The van der Waals surface area contributed by atoms with Crippen molar-refractivity contribution < 1.29 is 9.59 Å². The van der Waals surface area contributed by atoms with Crippen LogP contribution in [-0.2, 0) is 9.59 Å². The molecule has 3 aromatic rings. The molecule has 0 spiro atoms. The van der Waals surface area contributed by atoms with E-state index in [1.807, 2.05) is 63.2 Å². The van der Waals surface area contributed by atoms with Gasteiger partial charge in [0.25, 0.3) is 0 Å². The highest BCUT2D eigenvalue weighted by Crippen LogP contribution is 2.34. The molecule has 2 heterocycles. The Morgan fingerprint density at radius 2 is 2.00 bits per heavy atom. The molecule has 8 heteroatoms. The third-order valence-corrected chi connectivity index (χ3v) is 7.08. The summed E-state index contributed by atoms with van der Waals surface area (Å²) in [6.45, 7) is 6.44. The number of nitrogens with one attached hydrogen (secondary N) is 1. The lowest BCUT2D eigenvalue weighted by Crippen LogP contribution is -2.33. The van der Waals surface area contributed by atoms with Gasteiger partial charge in [-0.1, -0.05) is 41.3 Å². The van der Waals surface area contributed by atoms with Gasteiger partial charge in [0.1, 0.15) is 5.25 Å². The number of aryl methyl sites for hydroxylation is 2. The molecular formula is C22H22N4O2S2. The number of rotatable bonds is 5. The van der Waals surface area contributed by atoms with Crippen LogP contribution in [0.4, 0.5) is 10.8 Å².